The Balaban J connectivity index is 1.94. The van der Waals surface area contributed by atoms with Crippen molar-refractivity contribution in [3.63, 3.8) is 0 Å². The summed E-state index contributed by atoms with van der Waals surface area (Å²) in [6, 6.07) is 10.2. The van der Waals surface area contributed by atoms with Crippen molar-refractivity contribution in [3.8, 4) is 0 Å². The normalized spacial score (nSPS) is 22.4. The second-order valence-corrected chi connectivity index (χ2v) is 7.31. The highest BCUT2D eigenvalue weighted by molar-refractivity contribution is 6.01. The van der Waals surface area contributed by atoms with Gasteiger partial charge in [0.05, 0.1) is 11.3 Å². The first-order valence-electron chi connectivity index (χ1n) is 8.01. The third kappa shape index (κ3) is 2.21. The zero-order valence-corrected chi connectivity index (χ0v) is 13.6. The Labute approximate surface area is 135 Å². The Bertz CT molecular complexity index is 815. The summed E-state index contributed by atoms with van der Waals surface area (Å²) in [6.45, 7) is 6.20. The molecule has 4 nitrogen and oxygen atoms in total. The third-order valence-electron chi connectivity index (χ3n) is 4.80. The molecule has 2 aromatic rings. The van der Waals surface area contributed by atoms with E-state index < -0.39 is 0 Å². The van der Waals surface area contributed by atoms with Crippen LogP contribution in [0.4, 0.5) is 5.88 Å². The summed E-state index contributed by atoms with van der Waals surface area (Å²) < 4.78 is 5.48. The average molecular weight is 308 g/mol. The van der Waals surface area contributed by atoms with Crippen LogP contribution in [0.3, 0.4) is 0 Å². The van der Waals surface area contributed by atoms with Gasteiger partial charge in [0, 0.05) is 23.6 Å². The van der Waals surface area contributed by atoms with Gasteiger partial charge in [-0.1, -0.05) is 49.3 Å². The second-order valence-electron chi connectivity index (χ2n) is 7.31. The second kappa shape index (κ2) is 4.82. The molecule has 1 aromatic heterocycles. The van der Waals surface area contributed by atoms with Crippen LogP contribution >= 0.6 is 0 Å². The molecule has 0 saturated carbocycles. The van der Waals surface area contributed by atoms with Crippen molar-refractivity contribution in [2.75, 3.05) is 5.32 Å². The molecule has 0 radical (unpaired) electrons. The quantitative estimate of drug-likeness (QED) is 0.858. The first-order chi connectivity index (χ1) is 11.0. The molecule has 4 rings (SSSR count). The van der Waals surface area contributed by atoms with Crippen LogP contribution in [0.2, 0.25) is 0 Å². The first-order valence-corrected chi connectivity index (χ1v) is 8.01. The van der Waals surface area contributed by atoms with E-state index in [1.807, 2.05) is 25.1 Å². The molecule has 4 heteroatoms. The molecule has 0 spiro atoms. The zero-order valence-electron chi connectivity index (χ0n) is 13.6. The topological polar surface area (TPSA) is 55.1 Å². The van der Waals surface area contributed by atoms with E-state index in [4.69, 9.17) is 4.52 Å². The van der Waals surface area contributed by atoms with E-state index in [0.29, 0.717) is 12.3 Å². The molecular weight excluding hydrogens is 288 g/mol. The molecule has 1 aliphatic heterocycles. The highest BCUT2D eigenvalue weighted by atomic mass is 16.5. The monoisotopic (exact) mass is 308 g/mol. The van der Waals surface area contributed by atoms with E-state index in [9.17, 15) is 4.79 Å². The van der Waals surface area contributed by atoms with Gasteiger partial charge in [-0.05, 0) is 24.3 Å². The number of carbonyl (C=O) groups is 1. The first kappa shape index (κ1) is 14.2. The number of ketones is 1. The molecule has 1 atom stereocenters. The number of Topliss-reactive ketones (excluding diaryl/α,β-unsaturated/α-hetero) is 1. The standard InChI is InChI=1S/C19H20N2O2/c1-11-15-16(12-7-5-4-6-8-12)17-13(20-18(15)23-21-11)9-19(2,3)10-14(17)22/h4-8,16,20H,9-10H2,1-3H3. The summed E-state index contributed by atoms with van der Waals surface area (Å²) in [5.74, 6) is 0.821. The molecule has 1 unspecified atom stereocenters. The Morgan fingerprint density at radius 1 is 1.22 bits per heavy atom. The minimum atomic E-state index is -0.0858. The highest BCUT2D eigenvalue weighted by Gasteiger charge is 2.42. The summed E-state index contributed by atoms with van der Waals surface area (Å²) in [4.78, 5) is 12.9. The predicted octanol–water partition coefficient (Wildman–Crippen LogP) is 4.18. The highest BCUT2D eigenvalue weighted by Crippen LogP contribution is 2.49. The van der Waals surface area contributed by atoms with Crippen molar-refractivity contribution < 1.29 is 9.32 Å². The molecule has 1 aliphatic carbocycles. The molecule has 1 N–H and O–H groups in total. The lowest BCUT2D eigenvalue weighted by Gasteiger charge is -2.37. The van der Waals surface area contributed by atoms with Gasteiger partial charge in [-0.2, -0.15) is 0 Å². The van der Waals surface area contributed by atoms with E-state index in [1.54, 1.807) is 0 Å². The van der Waals surface area contributed by atoms with E-state index in [0.717, 1.165) is 34.5 Å². The van der Waals surface area contributed by atoms with Gasteiger partial charge in [-0.3, -0.25) is 4.79 Å². The Morgan fingerprint density at radius 2 is 1.96 bits per heavy atom. The number of benzene rings is 1. The molecule has 1 aromatic carbocycles. The summed E-state index contributed by atoms with van der Waals surface area (Å²) in [5.41, 5.74) is 4.78. The van der Waals surface area contributed by atoms with Crippen molar-refractivity contribution in [1.29, 1.82) is 0 Å². The van der Waals surface area contributed by atoms with E-state index in [-0.39, 0.29) is 17.1 Å². The number of fused-ring (bicyclic) bond motifs is 1. The number of hydrogen-bond donors (Lipinski definition) is 1. The summed E-state index contributed by atoms with van der Waals surface area (Å²) >= 11 is 0. The van der Waals surface area contributed by atoms with Gasteiger partial charge in [0.25, 0.3) is 0 Å². The van der Waals surface area contributed by atoms with Crippen molar-refractivity contribution in [3.05, 3.63) is 58.4 Å². The summed E-state index contributed by atoms with van der Waals surface area (Å²) in [6.07, 6.45) is 1.42. The van der Waals surface area contributed by atoms with Crippen LogP contribution in [-0.2, 0) is 4.79 Å². The minimum absolute atomic E-state index is 0.0310. The Kier molecular flexibility index (Phi) is 2.98. The lowest BCUT2D eigenvalue weighted by molar-refractivity contribution is -0.118. The number of hydrogen-bond acceptors (Lipinski definition) is 4. The van der Waals surface area contributed by atoms with Gasteiger partial charge in [0.2, 0.25) is 5.88 Å². The third-order valence-corrected chi connectivity index (χ3v) is 4.80. The molecule has 2 heterocycles. The molecule has 0 saturated heterocycles. The lowest BCUT2D eigenvalue weighted by Crippen LogP contribution is -2.33. The van der Waals surface area contributed by atoms with Crippen LogP contribution in [-0.4, -0.2) is 10.9 Å². The summed E-state index contributed by atoms with van der Waals surface area (Å²) in [7, 11) is 0. The van der Waals surface area contributed by atoms with Crippen molar-refractivity contribution in [2.24, 2.45) is 5.41 Å². The number of nitrogens with zero attached hydrogens (tertiary/aromatic N) is 1. The minimum Gasteiger partial charge on any atom is -0.338 e. The maximum atomic E-state index is 12.9. The molecular formula is C19H20N2O2. The van der Waals surface area contributed by atoms with E-state index >= 15 is 0 Å². The number of anilines is 1. The number of carbonyl (C=O) groups excluding carboxylic acids is 1. The maximum absolute atomic E-state index is 12.9. The molecule has 118 valence electrons. The molecule has 0 amide bonds. The van der Waals surface area contributed by atoms with Gasteiger partial charge < -0.3 is 9.84 Å². The number of nitrogens with one attached hydrogen (secondary N) is 1. The van der Waals surface area contributed by atoms with Gasteiger partial charge in [0.1, 0.15) is 0 Å². The van der Waals surface area contributed by atoms with Crippen LogP contribution in [0.25, 0.3) is 0 Å². The van der Waals surface area contributed by atoms with Crippen LogP contribution in [0, 0.1) is 12.3 Å². The fourth-order valence-corrected chi connectivity index (χ4v) is 3.85. The number of aromatic nitrogens is 1. The van der Waals surface area contributed by atoms with Crippen LogP contribution in [0.15, 0.2) is 46.1 Å². The predicted molar refractivity (Wildman–Crippen MR) is 88.2 cm³/mol. The molecule has 0 fully saturated rings. The Morgan fingerprint density at radius 3 is 2.70 bits per heavy atom. The smallest absolute Gasteiger partial charge is 0.233 e. The molecule has 23 heavy (non-hydrogen) atoms. The number of allylic oxidation sites excluding steroid dienone is 2. The van der Waals surface area contributed by atoms with Crippen LogP contribution < -0.4 is 5.32 Å². The Hall–Kier alpha value is -2.36. The lowest BCUT2D eigenvalue weighted by atomic mass is 9.69. The van der Waals surface area contributed by atoms with Gasteiger partial charge >= 0.3 is 0 Å². The maximum Gasteiger partial charge on any atom is 0.233 e. The fraction of sp³-hybridized carbons (Fsp3) is 0.368. The van der Waals surface area contributed by atoms with E-state index in [2.05, 4.69) is 36.5 Å². The molecule has 0 bridgehead atoms. The largest absolute Gasteiger partial charge is 0.338 e. The fourth-order valence-electron chi connectivity index (χ4n) is 3.85. The van der Waals surface area contributed by atoms with Gasteiger partial charge in [-0.15, -0.1) is 0 Å². The van der Waals surface area contributed by atoms with Crippen molar-refractivity contribution in [1.82, 2.24) is 5.16 Å². The SMILES string of the molecule is Cc1noc2c1C(c1ccccc1)C1=C(CC(C)(C)CC1=O)N2. The van der Waals surface area contributed by atoms with Crippen molar-refractivity contribution >= 4 is 11.7 Å². The number of aryl methyl sites for hydroxylation is 1. The van der Waals surface area contributed by atoms with E-state index in [1.165, 1.54) is 0 Å². The van der Waals surface area contributed by atoms with Gasteiger partial charge in [0.15, 0.2) is 5.78 Å². The molecule has 2 aliphatic rings. The summed E-state index contributed by atoms with van der Waals surface area (Å²) in [5, 5.41) is 7.45. The average Bonchev–Trinajstić information content (AvgIpc) is 2.86. The van der Waals surface area contributed by atoms with Gasteiger partial charge in [-0.25, -0.2) is 0 Å². The van der Waals surface area contributed by atoms with Crippen molar-refractivity contribution in [2.45, 2.75) is 39.5 Å². The zero-order chi connectivity index (χ0) is 16.2. The number of rotatable bonds is 1. The van der Waals surface area contributed by atoms with Crippen LogP contribution in [0.1, 0.15) is 49.4 Å². The van der Waals surface area contributed by atoms with Crippen LogP contribution in [0.5, 0.6) is 0 Å².